The van der Waals surface area contributed by atoms with Gasteiger partial charge >= 0.3 is 5.97 Å². The molecule has 1 rings (SSSR count). The molecule has 1 aromatic heterocycles. The zero-order valence-corrected chi connectivity index (χ0v) is 11.3. The van der Waals surface area contributed by atoms with Crippen molar-refractivity contribution in [2.45, 2.75) is 26.9 Å². The molecule has 0 fully saturated rings. The summed E-state index contributed by atoms with van der Waals surface area (Å²) in [6.07, 6.45) is 0.225. The van der Waals surface area contributed by atoms with E-state index in [1.54, 1.807) is 19.1 Å². The zero-order valence-electron chi connectivity index (χ0n) is 11.3. The summed E-state index contributed by atoms with van der Waals surface area (Å²) in [7, 11) is 1.36. The van der Waals surface area contributed by atoms with E-state index >= 15 is 0 Å². The van der Waals surface area contributed by atoms with Crippen LogP contribution in [0.3, 0.4) is 0 Å². The maximum atomic E-state index is 11.4. The fourth-order valence-corrected chi connectivity index (χ4v) is 1.46. The molecule has 5 nitrogen and oxygen atoms in total. The minimum absolute atomic E-state index is 0.225. The number of rotatable bonds is 6. The number of nitrogens with zero attached hydrogens (tertiary/aromatic N) is 1. The molecule has 0 bridgehead atoms. The lowest BCUT2D eigenvalue weighted by molar-refractivity contribution is 0.0599. The van der Waals surface area contributed by atoms with Gasteiger partial charge in [-0.2, -0.15) is 0 Å². The van der Waals surface area contributed by atoms with Gasteiger partial charge in [-0.05, 0) is 32.9 Å². The summed E-state index contributed by atoms with van der Waals surface area (Å²) in [5, 5.41) is 3.14. The summed E-state index contributed by atoms with van der Waals surface area (Å²) in [5.74, 6) is 0.363. The Balaban J connectivity index is 2.54. The van der Waals surface area contributed by atoms with E-state index in [2.05, 4.69) is 15.0 Å². The molecule has 0 spiro atoms. The van der Waals surface area contributed by atoms with Gasteiger partial charge in [-0.15, -0.1) is 0 Å². The number of esters is 1. The molecule has 0 aromatic carbocycles. The number of nitrogens with one attached hydrogen (secondary N) is 1. The molecular formula is C13H20N2O3. The lowest BCUT2D eigenvalue weighted by Crippen LogP contribution is -2.14. The smallest absolute Gasteiger partial charge is 0.339 e. The number of pyridine rings is 1. The van der Waals surface area contributed by atoms with Crippen LogP contribution < -0.4 is 5.32 Å². The Hall–Kier alpha value is -1.62. The molecule has 0 saturated heterocycles. The van der Waals surface area contributed by atoms with Gasteiger partial charge in [-0.25, -0.2) is 9.78 Å². The molecule has 5 heteroatoms. The Bertz CT molecular complexity index is 405. The highest BCUT2D eigenvalue weighted by Crippen LogP contribution is 2.11. The minimum atomic E-state index is -0.366. The number of ether oxygens (including phenoxy) is 2. The Morgan fingerprint density at radius 2 is 2.17 bits per heavy atom. The molecule has 1 aromatic rings. The predicted molar refractivity (Wildman–Crippen MR) is 69.9 cm³/mol. The highest BCUT2D eigenvalue weighted by Gasteiger charge is 2.10. The van der Waals surface area contributed by atoms with Crippen molar-refractivity contribution in [1.82, 2.24) is 4.98 Å². The molecule has 0 amide bonds. The van der Waals surface area contributed by atoms with Crippen LogP contribution in [0.2, 0.25) is 0 Å². The van der Waals surface area contributed by atoms with E-state index in [1.165, 1.54) is 7.11 Å². The number of hydrogen-bond donors (Lipinski definition) is 1. The van der Waals surface area contributed by atoms with E-state index < -0.39 is 0 Å². The molecule has 0 unspecified atom stereocenters. The largest absolute Gasteiger partial charge is 0.465 e. The van der Waals surface area contributed by atoms with E-state index in [0.29, 0.717) is 24.4 Å². The Morgan fingerprint density at radius 1 is 1.44 bits per heavy atom. The summed E-state index contributed by atoms with van der Waals surface area (Å²) >= 11 is 0. The summed E-state index contributed by atoms with van der Waals surface area (Å²) in [6, 6.07) is 3.47. The van der Waals surface area contributed by atoms with Gasteiger partial charge in [0.1, 0.15) is 5.82 Å². The zero-order chi connectivity index (χ0) is 13.5. The van der Waals surface area contributed by atoms with E-state index in [4.69, 9.17) is 4.74 Å². The molecule has 0 aliphatic carbocycles. The third-order valence-corrected chi connectivity index (χ3v) is 2.35. The SMILES string of the molecule is COC(=O)c1ccc(NCCOC(C)C)nc1C. The highest BCUT2D eigenvalue weighted by atomic mass is 16.5. The van der Waals surface area contributed by atoms with Gasteiger partial charge in [0.05, 0.1) is 31.1 Å². The Labute approximate surface area is 108 Å². The van der Waals surface area contributed by atoms with E-state index in [1.807, 2.05) is 13.8 Å². The van der Waals surface area contributed by atoms with Gasteiger partial charge in [0.15, 0.2) is 0 Å². The average Bonchev–Trinajstić information content (AvgIpc) is 2.33. The van der Waals surface area contributed by atoms with Crippen LogP contribution in [-0.4, -0.2) is 37.3 Å². The number of anilines is 1. The Morgan fingerprint density at radius 3 is 2.72 bits per heavy atom. The van der Waals surface area contributed by atoms with Crippen molar-refractivity contribution < 1.29 is 14.3 Å². The van der Waals surface area contributed by atoms with Gasteiger partial charge in [0.2, 0.25) is 0 Å². The third kappa shape index (κ3) is 4.33. The van der Waals surface area contributed by atoms with Crippen LogP contribution in [0.5, 0.6) is 0 Å². The number of carbonyl (C=O) groups is 1. The average molecular weight is 252 g/mol. The topological polar surface area (TPSA) is 60.5 Å². The fraction of sp³-hybridized carbons (Fsp3) is 0.538. The van der Waals surface area contributed by atoms with Gasteiger partial charge in [-0.1, -0.05) is 0 Å². The lowest BCUT2D eigenvalue weighted by atomic mass is 10.2. The van der Waals surface area contributed by atoms with Crippen LogP contribution in [0.15, 0.2) is 12.1 Å². The standard InChI is InChI=1S/C13H20N2O3/c1-9(2)18-8-7-14-12-6-5-11(10(3)15-12)13(16)17-4/h5-6,9H,7-8H2,1-4H3,(H,14,15). The molecule has 0 radical (unpaired) electrons. The van der Waals surface area contributed by atoms with Crippen molar-refractivity contribution in [1.29, 1.82) is 0 Å². The van der Waals surface area contributed by atoms with Crippen molar-refractivity contribution in [3.8, 4) is 0 Å². The molecule has 1 heterocycles. The summed E-state index contributed by atoms with van der Waals surface area (Å²) < 4.78 is 10.1. The summed E-state index contributed by atoms with van der Waals surface area (Å²) in [4.78, 5) is 15.7. The molecule has 1 N–H and O–H groups in total. The maximum absolute atomic E-state index is 11.4. The second kappa shape index (κ2) is 6.96. The molecule has 18 heavy (non-hydrogen) atoms. The number of carbonyl (C=O) groups excluding carboxylic acids is 1. The molecule has 100 valence electrons. The van der Waals surface area contributed by atoms with E-state index in [-0.39, 0.29) is 12.1 Å². The predicted octanol–water partition coefficient (Wildman–Crippen LogP) is 2.01. The number of aryl methyl sites for hydroxylation is 1. The third-order valence-electron chi connectivity index (χ3n) is 2.35. The molecule has 0 saturated carbocycles. The van der Waals surface area contributed by atoms with Crippen molar-refractivity contribution in [2.75, 3.05) is 25.6 Å². The number of aromatic nitrogens is 1. The van der Waals surface area contributed by atoms with Crippen molar-refractivity contribution >= 4 is 11.8 Å². The van der Waals surface area contributed by atoms with Crippen molar-refractivity contribution in [3.63, 3.8) is 0 Å². The number of hydrogen-bond acceptors (Lipinski definition) is 5. The fourth-order valence-electron chi connectivity index (χ4n) is 1.46. The van der Waals surface area contributed by atoms with E-state index in [9.17, 15) is 4.79 Å². The second-order valence-corrected chi connectivity index (χ2v) is 4.17. The first-order chi connectivity index (χ1) is 8.54. The first kappa shape index (κ1) is 14.4. The number of methoxy groups -OCH3 is 1. The highest BCUT2D eigenvalue weighted by molar-refractivity contribution is 5.90. The quantitative estimate of drug-likeness (QED) is 0.620. The second-order valence-electron chi connectivity index (χ2n) is 4.17. The molecule has 0 aliphatic heterocycles. The van der Waals surface area contributed by atoms with Crippen LogP contribution in [0, 0.1) is 6.92 Å². The van der Waals surface area contributed by atoms with Crippen molar-refractivity contribution in [3.05, 3.63) is 23.4 Å². The monoisotopic (exact) mass is 252 g/mol. The normalized spacial score (nSPS) is 10.5. The van der Waals surface area contributed by atoms with Crippen molar-refractivity contribution in [2.24, 2.45) is 0 Å². The van der Waals surface area contributed by atoms with E-state index in [0.717, 1.165) is 5.82 Å². The minimum Gasteiger partial charge on any atom is -0.465 e. The van der Waals surface area contributed by atoms with Crippen LogP contribution in [-0.2, 0) is 9.47 Å². The van der Waals surface area contributed by atoms with Gasteiger partial charge in [0.25, 0.3) is 0 Å². The van der Waals surface area contributed by atoms with Gasteiger partial charge < -0.3 is 14.8 Å². The van der Waals surface area contributed by atoms with Gasteiger partial charge in [-0.3, -0.25) is 0 Å². The van der Waals surface area contributed by atoms with Crippen LogP contribution >= 0.6 is 0 Å². The first-order valence-corrected chi connectivity index (χ1v) is 5.96. The van der Waals surface area contributed by atoms with Crippen LogP contribution in [0.4, 0.5) is 5.82 Å². The molecule has 0 aliphatic rings. The maximum Gasteiger partial charge on any atom is 0.339 e. The lowest BCUT2D eigenvalue weighted by Gasteiger charge is -2.10. The summed E-state index contributed by atoms with van der Waals surface area (Å²) in [5.41, 5.74) is 1.14. The van der Waals surface area contributed by atoms with Crippen LogP contribution in [0.1, 0.15) is 29.9 Å². The first-order valence-electron chi connectivity index (χ1n) is 5.96. The van der Waals surface area contributed by atoms with Gasteiger partial charge in [0, 0.05) is 6.54 Å². The molecule has 0 atom stereocenters. The Kier molecular flexibility index (Phi) is 5.58. The molecular weight excluding hydrogens is 232 g/mol. The van der Waals surface area contributed by atoms with Crippen LogP contribution in [0.25, 0.3) is 0 Å². The summed E-state index contributed by atoms with van der Waals surface area (Å²) in [6.45, 7) is 7.07.